The van der Waals surface area contributed by atoms with Crippen LogP contribution in [0.5, 0.6) is 0 Å². The first kappa shape index (κ1) is 14.9. The van der Waals surface area contributed by atoms with E-state index in [4.69, 9.17) is 9.47 Å². The zero-order chi connectivity index (χ0) is 12.5. The maximum atomic E-state index is 5.73. The van der Waals surface area contributed by atoms with Gasteiger partial charge in [-0.2, -0.15) is 0 Å². The number of hydrogen-bond acceptors (Lipinski definition) is 4. The van der Waals surface area contributed by atoms with Crippen LogP contribution in [0.4, 0.5) is 0 Å². The molecule has 102 valence electrons. The van der Waals surface area contributed by atoms with Crippen LogP contribution in [0.25, 0.3) is 0 Å². The lowest BCUT2D eigenvalue weighted by atomic mass is 10.1. The largest absolute Gasteiger partial charge is 0.383 e. The van der Waals surface area contributed by atoms with E-state index in [-0.39, 0.29) is 0 Å². The highest BCUT2D eigenvalue weighted by atomic mass is 16.5. The van der Waals surface area contributed by atoms with E-state index in [0.717, 1.165) is 32.8 Å². The molecule has 4 nitrogen and oxygen atoms in total. The molecule has 0 amide bonds. The Labute approximate surface area is 106 Å². The van der Waals surface area contributed by atoms with Crippen LogP contribution in [0, 0.1) is 0 Å². The van der Waals surface area contributed by atoms with E-state index in [2.05, 4.69) is 24.2 Å². The lowest BCUT2D eigenvalue weighted by Gasteiger charge is -2.27. The molecule has 0 aromatic carbocycles. The number of nitrogens with one attached hydrogen (secondary N) is 1. The Bertz CT molecular complexity index is 184. The maximum Gasteiger partial charge on any atom is 0.0701 e. The van der Waals surface area contributed by atoms with Gasteiger partial charge in [-0.15, -0.1) is 0 Å². The molecule has 0 bridgehead atoms. The van der Waals surface area contributed by atoms with Crippen LogP contribution < -0.4 is 5.32 Å². The number of ether oxygens (including phenoxy) is 2. The summed E-state index contributed by atoms with van der Waals surface area (Å²) in [7, 11) is 3.91. The molecule has 1 aliphatic heterocycles. The Hall–Kier alpha value is -0.160. The van der Waals surface area contributed by atoms with Gasteiger partial charge in [-0.3, -0.25) is 0 Å². The van der Waals surface area contributed by atoms with Crippen molar-refractivity contribution in [1.29, 1.82) is 0 Å². The molecule has 0 radical (unpaired) electrons. The first-order valence-corrected chi connectivity index (χ1v) is 6.75. The zero-order valence-electron chi connectivity index (χ0n) is 11.6. The van der Waals surface area contributed by atoms with Gasteiger partial charge < -0.3 is 19.7 Å². The fraction of sp³-hybridized carbons (Fsp3) is 1.00. The second-order valence-electron chi connectivity index (χ2n) is 5.06. The van der Waals surface area contributed by atoms with Crippen LogP contribution >= 0.6 is 0 Å². The Morgan fingerprint density at radius 1 is 1.47 bits per heavy atom. The molecule has 1 heterocycles. The van der Waals surface area contributed by atoms with Crippen molar-refractivity contribution in [2.45, 2.75) is 38.3 Å². The van der Waals surface area contributed by atoms with Gasteiger partial charge in [0.05, 0.1) is 12.7 Å². The third-order valence-electron chi connectivity index (χ3n) is 3.19. The SMILES string of the molecule is COCC(C)NCCN(C)CC1CCCCO1. The van der Waals surface area contributed by atoms with Crippen LogP contribution in [0.1, 0.15) is 26.2 Å². The summed E-state index contributed by atoms with van der Waals surface area (Å²) >= 11 is 0. The van der Waals surface area contributed by atoms with Crippen molar-refractivity contribution in [1.82, 2.24) is 10.2 Å². The molecule has 0 aliphatic carbocycles. The summed E-state index contributed by atoms with van der Waals surface area (Å²) in [6, 6.07) is 0.430. The van der Waals surface area contributed by atoms with Gasteiger partial charge in [0.25, 0.3) is 0 Å². The van der Waals surface area contributed by atoms with Gasteiger partial charge in [-0.1, -0.05) is 0 Å². The van der Waals surface area contributed by atoms with Crippen LogP contribution in [-0.2, 0) is 9.47 Å². The highest BCUT2D eigenvalue weighted by Gasteiger charge is 2.15. The van der Waals surface area contributed by atoms with Crippen molar-refractivity contribution in [2.75, 3.05) is 47.0 Å². The monoisotopic (exact) mass is 244 g/mol. The van der Waals surface area contributed by atoms with Gasteiger partial charge >= 0.3 is 0 Å². The van der Waals surface area contributed by atoms with Crippen LogP contribution in [0.3, 0.4) is 0 Å². The van der Waals surface area contributed by atoms with E-state index >= 15 is 0 Å². The first-order valence-electron chi connectivity index (χ1n) is 6.75. The molecule has 1 saturated heterocycles. The number of methoxy groups -OCH3 is 1. The van der Waals surface area contributed by atoms with E-state index < -0.39 is 0 Å². The average molecular weight is 244 g/mol. The predicted molar refractivity (Wildman–Crippen MR) is 70.4 cm³/mol. The summed E-state index contributed by atoms with van der Waals surface area (Å²) in [6.45, 7) is 6.99. The fourth-order valence-corrected chi connectivity index (χ4v) is 2.20. The highest BCUT2D eigenvalue weighted by molar-refractivity contribution is 4.68. The lowest BCUT2D eigenvalue weighted by Crippen LogP contribution is -2.40. The Morgan fingerprint density at radius 3 is 2.94 bits per heavy atom. The Balaban J connectivity index is 2.02. The minimum atomic E-state index is 0.430. The molecule has 1 aliphatic rings. The average Bonchev–Trinajstić information content (AvgIpc) is 2.30. The third-order valence-corrected chi connectivity index (χ3v) is 3.19. The quantitative estimate of drug-likeness (QED) is 0.693. The number of likely N-dealkylation sites (N-methyl/N-ethyl adjacent to an activating group) is 1. The number of nitrogens with zero attached hydrogens (tertiary/aromatic N) is 1. The molecule has 0 aromatic rings. The second kappa shape index (κ2) is 8.86. The van der Waals surface area contributed by atoms with Crippen molar-refractivity contribution in [3.63, 3.8) is 0 Å². The van der Waals surface area contributed by atoms with Gasteiger partial charge in [0.1, 0.15) is 0 Å². The summed E-state index contributed by atoms with van der Waals surface area (Å²) in [4.78, 5) is 2.35. The molecule has 0 saturated carbocycles. The Kier molecular flexibility index (Phi) is 7.77. The van der Waals surface area contributed by atoms with Gasteiger partial charge in [0, 0.05) is 39.4 Å². The van der Waals surface area contributed by atoms with Crippen LogP contribution in [0.15, 0.2) is 0 Å². The molecule has 0 spiro atoms. The van der Waals surface area contributed by atoms with E-state index in [1.165, 1.54) is 19.3 Å². The molecular weight excluding hydrogens is 216 g/mol. The summed E-state index contributed by atoms with van der Waals surface area (Å²) in [5.41, 5.74) is 0. The normalized spacial score (nSPS) is 22.9. The summed E-state index contributed by atoms with van der Waals surface area (Å²) in [5, 5.41) is 3.44. The van der Waals surface area contributed by atoms with Crippen molar-refractivity contribution < 1.29 is 9.47 Å². The number of rotatable bonds is 8. The second-order valence-corrected chi connectivity index (χ2v) is 5.06. The molecule has 4 heteroatoms. The topological polar surface area (TPSA) is 33.7 Å². The van der Waals surface area contributed by atoms with Crippen LogP contribution in [0.2, 0.25) is 0 Å². The zero-order valence-corrected chi connectivity index (χ0v) is 11.6. The van der Waals surface area contributed by atoms with Crippen molar-refractivity contribution >= 4 is 0 Å². The maximum absolute atomic E-state index is 5.73. The molecule has 0 aromatic heterocycles. The van der Waals surface area contributed by atoms with E-state index in [1.54, 1.807) is 7.11 Å². The first-order chi connectivity index (χ1) is 8.22. The molecule has 2 atom stereocenters. The molecule has 1 rings (SSSR count). The third kappa shape index (κ3) is 6.99. The molecule has 1 N–H and O–H groups in total. The Morgan fingerprint density at radius 2 is 2.29 bits per heavy atom. The highest BCUT2D eigenvalue weighted by Crippen LogP contribution is 2.13. The van der Waals surface area contributed by atoms with Gasteiger partial charge in [0.2, 0.25) is 0 Å². The van der Waals surface area contributed by atoms with Crippen molar-refractivity contribution in [2.24, 2.45) is 0 Å². The van der Waals surface area contributed by atoms with Crippen LogP contribution in [-0.4, -0.2) is 64.1 Å². The molecule has 1 fully saturated rings. The van der Waals surface area contributed by atoms with E-state index in [0.29, 0.717) is 12.1 Å². The molecular formula is C13H28N2O2. The smallest absolute Gasteiger partial charge is 0.0701 e. The summed E-state index contributed by atoms with van der Waals surface area (Å²) < 4.78 is 10.8. The van der Waals surface area contributed by atoms with Gasteiger partial charge in [-0.05, 0) is 33.2 Å². The van der Waals surface area contributed by atoms with E-state index in [9.17, 15) is 0 Å². The van der Waals surface area contributed by atoms with E-state index in [1.807, 2.05) is 0 Å². The van der Waals surface area contributed by atoms with Gasteiger partial charge in [0.15, 0.2) is 0 Å². The van der Waals surface area contributed by atoms with Crippen molar-refractivity contribution in [3.05, 3.63) is 0 Å². The van der Waals surface area contributed by atoms with Crippen molar-refractivity contribution in [3.8, 4) is 0 Å². The van der Waals surface area contributed by atoms with Gasteiger partial charge in [-0.25, -0.2) is 0 Å². The standard InChI is InChI=1S/C13H28N2O2/c1-12(11-16-3)14-7-8-15(2)10-13-6-4-5-9-17-13/h12-14H,4-11H2,1-3H3. The summed E-state index contributed by atoms with van der Waals surface area (Å²) in [6.07, 6.45) is 4.22. The lowest BCUT2D eigenvalue weighted by molar-refractivity contribution is -0.00135. The number of hydrogen-bond donors (Lipinski definition) is 1. The minimum absolute atomic E-state index is 0.430. The fourth-order valence-electron chi connectivity index (χ4n) is 2.20. The molecule has 17 heavy (non-hydrogen) atoms. The molecule has 2 unspecified atom stereocenters. The predicted octanol–water partition coefficient (Wildman–Crippen LogP) is 1.11. The summed E-state index contributed by atoms with van der Waals surface area (Å²) in [5.74, 6) is 0. The minimum Gasteiger partial charge on any atom is -0.383 e.